The van der Waals surface area contributed by atoms with Crippen LogP contribution in [0, 0.1) is 0 Å². The van der Waals surface area contributed by atoms with Gasteiger partial charge in [0.05, 0.1) is 10.0 Å². The molecule has 0 aliphatic rings. The van der Waals surface area contributed by atoms with Crippen LogP contribution in [0.25, 0.3) is 0 Å². The summed E-state index contributed by atoms with van der Waals surface area (Å²) in [6, 6.07) is 13.0. The lowest BCUT2D eigenvalue weighted by Crippen LogP contribution is -2.09. The Kier molecular flexibility index (Phi) is 4.35. The number of aliphatic hydroxyl groups is 1. The minimum Gasteiger partial charge on any atom is -0.384 e. The van der Waals surface area contributed by atoms with Crippen molar-refractivity contribution in [2.75, 3.05) is 19.0 Å². The summed E-state index contributed by atoms with van der Waals surface area (Å²) in [6.07, 6.45) is -0.786. The number of nitrogens with zero attached hydrogens (tertiary/aromatic N) is 1. The summed E-state index contributed by atoms with van der Waals surface area (Å²) in [5.41, 5.74) is 2.43. The predicted molar refractivity (Wildman–Crippen MR) is 81.3 cm³/mol. The fraction of sp³-hybridized carbons (Fsp3) is 0.200. The summed E-state index contributed by atoms with van der Waals surface area (Å²) in [7, 11) is 3.91. The van der Waals surface area contributed by atoms with Gasteiger partial charge in [-0.05, 0) is 23.8 Å². The first-order valence-corrected chi connectivity index (χ1v) is 6.65. The Morgan fingerprint density at radius 2 is 1.74 bits per heavy atom. The standard InChI is InChI=1S/C15H15Cl2NO/c1-18(2)11-6-3-5-10(9-11)15(19)12-7-4-8-13(16)14(12)17/h3-9,15,19H,1-2H3. The zero-order valence-corrected chi connectivity index (χ0v) is 12.3. The van der Waals surface area contributed by atoms with Gasteiger partial charge in [-0.3, -0.25) is 0 Å². The Morgan fingerprint density at radius 1 is 1.05 bits per heavy atom. The van der Waals surface area contributed by atoms with E-state index in [0.29, 0.717) is 15.6 Å². The van der Waals surface area contributed by atoms with Crippen LogP contribution < -0.4 is 4.90 Å². The largest absolute Gasteiger partial charge is 0.384 e. The highest BCUT2D eigenvalue weighted by Crippen LogP contribution is 2.33. The number of halogens is 2. The van der Waals surface area contributed by atoms with Crippen molar-refractivity contribution in [3.05, 3.63) is 63.6 Å². The molecule has 19 heavy (non-hydrogen) atoms. The minimum absolute atomic E-state index is 0.395. The van der Waals surface area contributed by atoms with E-state index >= 15 is 0 Å². The zero-order valence-electron chi connectivity index (χ0n) is 10.8. The van der Waals surface area contributed by atoms with Crippen molar-refractivity contribution in [3.63, 3.8) is 0 Å². The maximum absolute atomic E-state index is 10.4. The molecule has 0 aliphatic carbocycles. The van der Waals surface area contributed by atoms with Crippen LogP contribution in [0.5, 0.6) is 0 Å². The van der Waals surface area contributed by atoms with E-state index in [1.54, 1.807) is 18.2 Å². The van der Waals surface area contributed by atoms with Gasteiger partial charge in [-0.25, -0.2) is 0 Å². The molecule has 1 unspecified atom stereocenters. The topological polar surface area (TPSA) is 23.5 Å². The Labute approximate surface area is 123 Å². The second kappa shape index (κ2) is 5.83. The van der Waals surface area contributed by atoms with Gasteiger partial charge < -0.3 is 10.0 Å². The molecule has 0 saturated heterocycles. The number of hydrogen-bond donors (Lipinski definition) is 1. The summed E-state index contributed by atoms with van der Waals surface area (Å²) in [6.45, 7) is 0. The molecule has 0 amide bonds. The smallest absolute Gasteiger partial charge is 0.106 e. The lowest BCUT2D eigenvalue weighted by atomic mass is 10.0. The summed E-state index contributed by atoms with van der Waals surface area (Å²) in [5.74, 6) is 0. The predicted octanol–water partition coefficient (Wildman–Crippen LogP) is 4.14. The fourth-order valence-corrected chi connectivity index (χ4v) is 2.30. The third-order valence-corrected chi connectivity index (χ3v) is 3.81. The van der Waals surface area contributed by atoms with Crippen LogP contribution in [0.1, 0.15) is 17.2 Å². The lowest BCUT2D eigenvalue weighted by Gasteiger charge is -2.17. The van der Waals surface area contributed by atoms with Gasteiger partial charge in [-0.2, -0.15) is 0 Å². The van der Waals surface area contributed by atoms with Crippen molar-refractivity contribution >= 4 is 28.9 Å². The van der Waals surface area contributed by atoms with E-state index in [2.05, 4.69) is 0 Å². The monoisotopic (exact) mass is 295 g/mol. The Bertz CT molecular complexity index is 584. The normalized spacial score (nSPS) is 12.3. The Morgan fingerprint density at radius 3 is 2.42 bits per heavy atom. The number of aliphatic hydroxyl groups excluding tert-OH is 1. The van der Waals surface area contributed by atoms with Crippen molar-refractivity contribution < 1.29 is 5.11 Å². The maximum Gasteiger partial charge on any atom is 0.106 e. The number of hydrogen-bond acceptors (Lipinski definition) is 2. The first-order chi connectivity index (χ1) is 9.00. The molecule has 0 spiro atoms. The van der Waals surface area contributed by atoms with Crippen LogP contribution in [-0.4, -0.2) is 19.2 Å². The van der Waals surface area contributed by atoms with Crippen molar-refractivity contribution in [1.29, 1.82) is 0 Å². The molecule has 1 atom stereocenters. The molecule has 0 aliphatic heterocycles. The van der Waals surface area contributed by atoms with Crippen molar-refractivity contribution in [2.24, 2.45) is 0 Å². The van der Waals surface area contributed by atoms with Crippen LogP contribution in [-0.2, 0) is 0 Å². The van der Waals surface area contributed by atoms with Crippen LogP contribution >= 0.6 is 23.2 Å². The molecule has 0 fully saturated rings. The van der Waals surface area contributed by atoms with E-state index in [1.165, 1.54) is 0 Å². The highest BCUT2D eigenvalue weighted by Gasteiger charge is 2.16. The van der Waals surface area contributed by atoms with Gasteiger partial charge in [-0.1, -0.05) is 47.5 Å². The zero-order chi connectivity index (χ0) is 14.0. The molecular weight excluding hydrogens is 281 g/mol. The second-order valence-electron chi connectivity index (χ2n) is 4.53. The van der Waals surface area contributed by atoms with Gasteiger partial charge in [-0.15, -0.1) is 0 Å². The van der Waals surface area contributed by atoms with E-state index < -0.39 is 6.10 Å². The Balaban J connectivity index is 2.41. The van der Waals surface area contributed by atoms with E-state index in [9.17, 15) is 5.11 Å². The third kappa shape index (κ3) is 3.03. The molecule has 2 aromatic rings. The molecule has 0 saturated carbocycles. The van der Waals surface area contributed by atoms with E-state index in [4.69, 9.17) is 23.2 Å². The van der Waals surface area contributed by atoms with Gasteiger partial charge in [0.2, 0.25) is 0 Å². The van der Waals surface area contributed by atoms with E-state index in [-0.39, 0.29) is 0 Å². The molecule has 100 valence electrons. The Hall–Kier alpha value is -1.22. The van der Waals surface area contributed by atoms with Gasteiger partial charge in [0, 0.05) is 25.3 Å². The van der Waals surface area contributed by atoms with Gasteiger partial charge in [0.1, 0.15) is 6.10 Å². The molecule has 0 bridgehead atoms. The van der Waals surface area contributed by atoms with Crippen LogP contribution in [0.15, 0.2) is 42.5 Å². The number of anilines is 1. The SMILES string of the molecule is CN(C)c1cccc(C(O)c2cccc(Cl)c2Cl)c1. The van der Waals surface area contributed by atoms with Crippen molar-refractivity contribution in [2.45, 2.75) is 6.10 Å². The van der Waals surface area contributed by atoms with E-state index in [1.807, 2.05) is 43.3 Å². The quantitative estimate of drug-likeness (QED) is 0.920. The number of benzene rings is 2. The third-order valence-electron chi connectivity index (χ3n) is 2.98. The summed E-state index contributed by atoms with van der Waals surface area (Å²) in [5, 5.41) is 11.3. The average molecular weight is 296 g/mol. The van der Waals surface area contributed by atoms with Crippen LogP contribution in [0.3, 0.4) is 0 Å². The highest BCUT2D eigenvalue weighted by molar-refractivity contribution is 6.42. The van der Waals surface area contributed by atoms with Crippen LogP contribution in [0.4, 0.5) is 5.69 Å². The first-order valence-electron chi connectivity index (χ1n) is 5.90. The molecule has 1 N–H and O–H groups in total. The first kappa shape index (κ1) is 14.2. The fourth-order valence-electron chi connectivity index (χ4n) is 1.88. The molecule has 2 aromatic carbocycles. The average Bonchev–Trinajstić information content (AvgIpc) is 2.41. The molecule has 2 nitrogen and oxygen atoms in total. The molecule has 4 heteroatoms. The summed E-state index contributed by atoms with van der Waals surface area (Å²) in [4.78, 5) is 1.98. The van der Waals surface area contributed by atoms with Gasteiger partial charge in [0.25, 0.3) is 0 Å². The van der Waals surface area contributed by atoms with Crippen molar-refractivity contribution in [3.8, 4) is 0 Å². The highest BCUT2D eigenvalue weighted by atomic mass is 35.5. The lowest BCUT2D eigenvalue weighted by molar-refractivity contribution is 0.220. The summed E-state index contributed by atoms with van der Waals surface area (Å²) < 4.78 is 0. The second-order valence-corrected chi connectivity index (χ2v) is 5.32. The van der Waals surface area contributed by atoms with Crippen LogP contribution in [0.2, 0.25) is 10.0 Å². The molecule has 0 heterocycles. The van der Waals surface area contributed by atoms with Crippen molar-refractivity contribution in [1.82, 2.24) is 0 Å². The molecular formula is C15H15Cl2NO. The minimum atomic E-state index is -0.786. The van der Waals surface area contributed by atoms with E-state index in [0.717, 1.165) is 11.3 Å². The van der Waals surface area contributed by atoms with Gasteiger partial charge >= 0.3 is 0 Å². The maximum atomic E-state index is 10.4. The molecule has 2 rings (SSSR count). The molecule has 0 aromatic heterocycles. The van der Waals surface area contributed by atoms with Gasteiger partial charge in [0.15, 0.2) is 0 Å². The summed E-state index contributed by atoms with van der Waals surface area (Å²) >= 11 is 12.1. The number of rotatable bonds is 3. The molecule has 0 radical (unpaired) electrons.